The number of carbonyl (C=O) groups is 2. The molecule has 3 aliphatic carbocycles. The molecule has 0 unspecified atom stereocenters. The molecule has 11 nitrogen and oxygen atoms in total. The topological polar surface area (TPSA) is 176 Å². The van der Waals surface area contributed by atoms with Crippen molar-refractivity contribution in [3.05, 3.63) is 95.1 Å². The Hall–Kier alpha value is -4.90. The number of dihydropyridines is 1. The molecule has 2 aromatic carbocycles. The van der Waals surface area contributed by atoms with Crippen molar-refractivity contribution in [3.63, 3.8) is 0 Å². The van der Waals surface area contributed by atoms with Gasteiger partial charge in [0.25, 0.3) is 0 Å². The number of aliphatic hydroxyl groups is 1. The number of aromatic hydroxyl groups is 2. The van der Waals surface area contributed by atoms with Crippen molar-refractivity contribution in [3.8, 4) is 17.2 Å². The van der Waals surface area contributed by atoms with E-state index in [1.807, 2.05) is 36.5 Å². The maximum atomic E-state index is 13.0. The molecule has 7 N–H and O–H groups in total. The largest absolute Gasteiger partial charge is 0.508 e. The number of hydrogen-bond acceptors (Lipinski definition) is 10. The lowest BCUT2D eigenvalue weighted by molar-refractivity contribution is -0.158. The lowest BCUT2D eigenvalue weighted by Crippen LogP contribution is -2.50. The Labute approximate surface area is 354 Å². The smallest absolute Gasteiger partial charge is 0.302 e. The molecule has 0 spiro atoms. The molecule has 0 saturated heterocycles. The molecule has 2 bridgehead atoms. The predicted octanol–water partition coefficient (Wildman–Crippen LogP) is 7.93. The lowest BCUT2D eigenvalue weighted by Gasteiger charge is -2.57. The number of carbonyl (C=O) groups excluding carboxylic acids is 2. The first-order valence-electron chi connectivity index (χ1n) is 22.0. The molecule has 7 rings (SSSR count). The first-order chi connectivity index (χ1) is 28.8. The Morgan fingerprint density at radius 2 is 1.73 bits per heavy atom. The number of aromatic amines is 1. The summed E-state index contributed by atoms with van der Waals surface area (Å²) in [6.45, 7) is 8.10. The van der Waals surface area contributed by atoms with Crippen molar-refractivity contribution in [2.24, 2.45) is 53.1 Å². The third-order valence-corrected chi connectivity index (χ3v) is 14.5. The number of nitrogens with one attached hydrogen (secondary N) is 2. The normalized spacial score (nSPS) is 28.6. The fraction of sp³-hybridized carbons (Fsp3) is 0.551. The molecule has 0 amide bonds. The second-order valence-electron chi connectivity index (χ2n) is 18.4. The number of rotatable bonds is 14. The lowest BCUT2D eigenvalue weighted by atomic mass is 9.47. The highest BCUT2D eigenvalue weighted by Crippen LogP contribution is 2.62. The summed E-state index contributed by atoms with van der Waals surface area (Å²) in [5.41, 5.74) is 11.1. The summed E-state index contributed by atoms with van der Waals surface area (Å²) in [7, 11) is 1.51. The molecular formula is C49H65N3O8. The Balaban J connectivity index is 1.21. The number of methoxy groups -OCH3 is 1. The summed E-state index contributed by atoms with van der Waals surface area (Å²) >= 11 is 0. The van der Waals surface area contributed by atoms with Crippen LogP contribution < -0.4 is 15.8 Å². The summed E-state index contributed by atoms with van der Waals surface area (Å²) < 4.78 is 17.9. The van der Waals surface area contributed by atoms with Gasteiger partial charge < -0.3 is 45.6 Å². The minimum Gasteiger partial charge on any atom is -0.508 e. The van der Waals surface area contributed by atoms with Gasteiger partial charge in [-0.2, -0.15) is 0 Å². The van der Waals surface area contributed by atoms with Crippen LogP contribution in [0.2, 0.25) is 0 Å². The van der Waals surface area contributed by atoms with Crippen LogP contribution in [0.25, 0.3) is 5.57 Å². The summed E-state index contributed by atoms with van der Waals surface area (Å²) in [5.74, 6) is 2.99. The molecule has 60 heavy (non-hydrogen) atoms. The van der Waals surface area contributed by atoms with Crippen molar-refractivity contribution >= 4 is 17.5 Å². The second kappa shape index (κ2) is 18.8. The van der Waals surface area contributed by atoms with Gasteiger partial charge in [0.2, 0.25) is 0 Å². The SMILES string of the molecule is COc1cc(CC[C@H](C[C@@H](OC(C)=O)[C@H]2C[C@H](CO)[C@H]3C[C@@H](c4cccc(O)c4)[C@H](c4ccc[nH]4)[C@@H]4C[C@H](C(C)C)[C@H](C2)C[C@H]34)OC(C)=O)c(C2=CCNC(N)=C2)cc1O. The minimum atomic E-state index is -0.573. The third-order valence-electron chi connectivity index (χ3n) is 14.5. The van der Waals surface area contributed by atoms with Crippen LogP contribution in [-0.4, -0.2) is 64.7 Å². The van der Waals surface area contributed by atoms with Crippen LogP contribution in [0.3, 0.4) is 0 Å². The molecule has 4 aliphatic rings. The molecule has 3 saturated carbocycles. The number of aromatic nitrogens is 1. The van der Waals surface area contributed by atoms with Gasteiger partial charge in [0.1, 0.15) is 18.0 Å². The Morgan fingerprint density at radius 1 is 0.933 bits per heavy atom. The third kappa shape index (κ3) is 9.51. The second-order valence-corrected chi connectivity index (χ2v) is 18.4. The highest BCUT2D eigenvalue weighted by molar-refractivity contribution is 5.79. The number of allylic oxidation sites excluding steroid dienone is 2. The molecule has 3 fully saturated rings. The Morgan fingerprint density at radius 3 is 2.40 bits per heavy atom. The number of H-pyrrole nitrogens is 1. The Kier molecular flexibility index (Phi) is 13.5. The average Bonchev–Trinajstić information content (AvgIpc) is 3.74. The minimum absolute atomic E-state index is 0.0128. The molecule has 11 atom stereocenters. The van der Waals surface area contributed by atoms with Crippen LogP contribution in [0, 0.1) is 47.3 Å². The first kappa shape index (κ1) is 43.2. The zero-order valence-electron chi connectivity index (χ0n) is 35.8. The van der Waals surface area contributed by atoms with E-state index in [9.17, 15) is 24.9 Å². The predicted molar refractivity (Wildman–Crippen MR) is 231 cm³/mol. The molecule has 11 heteroatoms. The molecular weight excluding hydrogens is 759 g/mol. The van der Waals surface area contributed by atoms with E-state index in [2.05, 4.69) is 42.3 Å². The fourth-order valence-corrected chi connectivity index (χ4v) is 12.1. The summed E-state index contributed by atoms with van der Waals surface area (Å²) in [6.07, 6.45) is 10.5. The van der Waals surface area contributed by atoms with Gasteiger partial charge in [-0.1, -0.05) is 32.1 Å². The van der Waals surface area contributed by atoms with E-state index in [1.54, 1.807) is 12.1 Å². The molecule has 1 aliphatic heterocycles. The van der Waals surface area contributed by atoms with E-state index in [1.165, 1.54) is 26.7 Å². The number of aryl methyl sites for hydroxylation is 1. The number of benzene rings is 2. The highest BCUT2D eigenvalue weighted by Gasteiger charge is 2.54. The van der Waals surface area contributed by atoms with E-state index in [0.717, 1.165) is 47.9 Å². The summed E-state index contributed by atoms with van der Waals surface area (Å²) in [5, 5.41) is 35.9. The van der Waals surface area contributed by atoms with Crippen LogP contribution >= 0.6 is 0 Å². The number of fused-ring (bicyclic) bond motifs is 1. The standard InChI is InChI=1S/C49H65N3O8/c1-27(2)38-23-43-42-19-33(38)16-34(17-35(26-53)40(42)24-41(30-8-6-9-36(56)18-30)49(43)44-10-7-14-51-44)46(60-29(4)55)22-37(59-28(3)54)12-11-31-20-47(58-5)45(57)25-39(31)32-13-15-52-48(50)21-32/h6-10,13-14,18,20-21,25,27,33-35,37-38,40-43,46,49,51-53,56-57H,11-12,15-17,19,22-24,26,50H2,1-5H3/t33-,34-,35-,37-,38-,40-,41+,42-,43-,46-,49+/m1/s1. The maximum Gasteiger partial charge on any atom is 0.302 e. The van der Waals surface area contributed by atoms with Crippen LogP contribution in [0.1, 0.15) is 107 Å². The quantitative estimate of drug-likeness (QED) is 0.0876. The highest BCUT2D eigenvalue weighted by atomic mass is 16.6. The number of hydrogen-bond donors (Lipinski definition) is 6. The van der Waals surface area contributed by atoms with Gasteiger partial charge >= 0.3 is 11.9 Å². The van der Waals surface area contributed by atoms with Crippen molar-refractivity contribution in [1.29, 1.82) is 0 Å². The van der Waals surface area contributed by atoms with E-state index in [-0.39, 0.29) is 53.7 Å². The van der Waals surface area contributed by atoms with E-state index in [0.29, 0.717) is 73.4 Å². The van der Waals surface area contributed by atoms with Crippen LogP contribution in [-0.2, 0) is 25.5 Å². The first-order valence-corrected chi connectivity index (χ1v) is 22.0. The number of aliphatic hydroxyl groups excluding tert-OH is 1. The molecule has 2 heterocycles. The van der Waals surface area contributed by atoms with Crippen molar-refractivity contribution in [1.82, 2.24) is 10.3 Å². The number of phenolic OH excluding ortho intramolecular Hbond substituents is 2. The summed E-state index contributed by atoms with van der Waals surface area (Å²) in [6, 6.07) is 15.5. The summed E-state index contributed by atoms with van der Waals surface area (Å²) in [4.78, 5) is 29.3. The van der Waals surface area contributed by atoms with Crippen LogP contribution in [0.5, 0.6) is 17.2 Å². The van der Waals surface area contributed by atoms with Crippen molar-refractivity contribution in [2.45, 2.75) is 103 Å². The molecule has 0 radical (unpaired) electrons. The Bertz CT molecular complexity index is 2030. The average molecular weight is 824 g/mol. The van der Waals surface area contributed by atoms with Crippen molar-refractivity contribution in [2.75, 3.05) is 20.3 Å². The van der Waals surface area contributed by atoms with Gasteiger partial charge in [-0.25, -0.2) is 0 Å². The van der Waals surface area contributed by atoms with Crippen molar-refractivity contribution < 1.29 is 39.1 Å². The number of phenols is 2. The molecule has 3 aromatic rings. The van der Waals surface area contributed by atoms with Gasteiger partial charge in [0.15, 0.2) is 11.5 Å². The van der Waals surface area contributed by atoms with Gasteiger partial charge in [-0.05, 0) is 163 Å². The van der Waals surface area contributed by atoms with Crippen LogP contribution in [0.15, 0.2) is 72.7 Å². The zero-order valence-corrected chi connectivity index (χ0v) is 35.8. The fourth-order valence-electron chi connectivity index (χ4n) is 12.1. The van der Waals surface area contributed by atoms with E-state index < -0.39 is 18.2 Å². The molecule has 1 aromatic heterocycles. The van der Waals surface area contributed by atoms with Gasteiger partial charge in [0.05, 0.1) is 12.9 Å². The van der Waals surface area contributed by atoms with Gasteiger partial charge in [0, 0.05) is 51.2 Å². The number of esters is 2. The van der Waals surface area contributed by atoms with E-state index in [4.69, 9.17) is 19.9 Å². The number of nitrogens with two attached hydrogens (primary N) is 1. The molecule has 324 valence electrons. The zero-order chi connectivity index (χ0) is 42.7. The monoisotopic (exact) mass is 823 g/mol. The number of ether oxygens (including phenoxy) is 3. The van der Waals surface area contributed by atoms with E-state index >= 15 is 0 Å². The van der Waals surface area contributed by atoms with Crippen LogP contribution in [0.4, 0.5) is 0 Å². The maximum absolute atomic E-state index is 13.0. The van der Waals surface area contributed by atoms with Gasteiger partial charge in [-0.3, -0.25) is 9.59 Å². The van der Waals surface area contributed by atoms with Gasteiger partial charge in [-0.15, -0.1) is 0 Å².